The average molecular weight is 382 g/mol. The summed E-state index contributed by atoms with van der Waals surface area (Å²) in [6, 6.07) is 7.88. The van der Waals surface area contributed by atoms with E-state index in [9.17, 15) is 9.18 Å². The fraction of sp³-hybridized carbons (Fsp3) is 0.300. The lowest BCUT2D eigenvalue weighted by atomic mass is 10.0. The Morgan fingerprint density at radius 2 is 2.14 bits per heavy atom. The molecule has 1 aromatic carbocycles. The second-order valence-electron chi connectivity index (χ2n) is 6.71. The first-order valence-corrected chi connectivity index (χ1v) is 9.00. The highest BCUT2D eigenvalue weighted by Crippen LogP contribution is 2.25. The molecule has 1 aliphatic heterocycles. The van der Waals surface area contributed by atoms with Gasteiger partial charge in [0.05, 0.1) is 7.11 Å². The van der Waals surface area contributed by atoms with Crippen LogP contribution in [-0.2, 0) is 6.42 Å². The van der Waals surface area contributed by atoms with Gasteiger partial charge in [-0.25, -0.2) is 4.39 Å². The third kappa shape index (κ3) is 3.71. The molecule has 0 bridgehead atoms. The SMILES string of the molecule is COc1ccc(C(=O)N2CCC(Cc3noc(-c4ccncc4)n3)C2)cc1F. The van der Waals surface area contributed by atoms with Gasteiger partial charge in [-0.15, -0.1) is 0 Å². The summed E-state index contributed by atoms with van der Waals surface area (Å²) < 4.78 is 24.1. The topological polar surface area (TPSA) is 81.4 Å². The molecule has 0 aliphatic carbocycles. The van der Waals surface area contributed by atoms with Gasteiger partial charge in [-0.2, -0.15) is 4.98 Å². The van der Waals surface area contributed by atoms with E-state index in [-0.39, 0.29) is 17.6 Å². The smallest absolute Gasteiger partial charge is 0.258 e. The number of halogens is 1. The highest BCUT2D eigenvalue weighted by Gasteiger charge is 2.28. The van der Waals surface area contributed by atoms with Crippen molar-refractivity contribution in [2.75, 3.05) is 20.2 Å². The molecule has 0 saturated carbocycles. The number of carbonyl (C=O) groups excluding carboxylic acids is 1. The lowest BCUT2D eigenvalue weighted by Gasteiger charge is -2.16. The number of benzene rings is 1. The van der Waals surface area contributed by atoms with Crippen molar-refractivity contribution in [1.82, 2.24) is 20.0 Å². The van der Waals surface area contributed by atoms with Crippen LogP contribution in [0.1, 0.15) is 22.6 Å². The van der Waals surface area contributed by atoms with Crippen LogP contribution in [0.25, 0.3) is 11.5 Å². The van der Waals surface area contributed by atoms with Crippen molar-refractivity contribution < 1.29 is 18.4 Å². The molecule has 8 heteroatoms. The highest BCUT2D eigenvalue weighted by molar-refractivity contribution is 5.94. The molecule has 1 fully saturated rings. The maximum absolute atomic E-state index is 13.9. The highest BCUT2D eigenvalue weighted by atomic mass is 19.1. The zero-order chi connectivity index (χ0) is 19.5. The van der Waals surface area contributed by atoms with Crippen molar-refractivity contribution >= 4 is 5.91 Å². The van der Waals surface area contributed by atoms with E-state index in [0.717, 1.165) is 12.0 Å². The Morgan fingerprint density at radius 3 is 2.89 bits per heavy atom. The first-order valence-electron chi connectivity index (χ1n) is 9.00. The predicted molar refractivity (Wildman–Crippen MR) is 98.2 cm³/mol. The third-order valence-electron chi connectivity index (χ3n) is 4.84. The number of hydrogen-bond donors (Lipinski definition) is 0. The summed E-state index contributed by atoms with van der Waals surface area (Å²) in [7, 11) is 1.39. The standard InChI is InChI=1S/C20H19FN4O3/c1-27-17-3-2-15(11-16(17)21)20(26)25-9-6-13(12-25)10-18-23-19(28-24-18)14-4-7-22-8-5-14/h2-5,7-8,11,13H,6,9-10,12H2,1H3. The van der Waals surface area contributed by atoms with Crippen molar-refractivity contribution in [3.63, 3.8) is 0 Å². The zero-order valence-corrected chi connectivity index (χ0v) is 15.3. The van der Waals surface area contributed by atoms with Crippen LogP contribution < -0.4 is 4.74 Å². The Labute approximate surface area is 161 Å². The molecule has 3 heterocycles. The summed E-state index contributed by atoms with van der Waals surface area (Å²) >= 11 is 0. The number of methoxy groups -OCH3 is 1. The van der Waals surface area contributed by atoms with Crippen molar-refractivity contribution in [2.45, 2.75) is 12.8 Å². The lowest BCUT2D eigenvalue weighted by Crippen LogP contribution is -2.29. The summed E-state index contributed by atoms with van der Waals surface area (Å²) in [5.74, 6) is 0.695. The summed E-state index contributed by atoms with van der Waals surface area (Å²) in [6.45, 7) is 1.19. The summed E-state index contributed by atoms with van der Waals surface area (Å²) in [5.41, 5.74) is 1.14. The van der Waals surface area contributed by atoms with E-state index in [0.29, 0.717) is 36.8 Å². The van der Waals surface area contributed by atoms with Crippen LogP contribution in [0.3, 0.4) is 0 Å². The van der Waals surface area contributed by atoms with Gasteiger partial charge < -0.3 is 14.2 Å². The Kier molecular flexibility index (Phi) is 5.01. The number of likely N-dealkylation sites (tertiary alicyclic amines) is 1. The van der Waals surface area contributed by atoms with Gasteiger partial charge in [-0.1, -0.05) is 5.16 Å². The zero-order valence-electron chi connectivity index (χ0n) is 15.3. The van der Waals surface area contributed by atoms with E-state index >= 15 is 0 Å². The first kappa shape index (κ1) is 18.1. The molecule has 0 radical (unpaired) electrons. The van der Waals surface area contributed by atoms with Crippen molar-refractivity contribution in [3.05, 3.63) is 59.9 Å². The molecular formula is C20H19FN4O3. The molecule has 0 N–H and O–H groups in total. The molecular weight excluding hydrogens is 363 g/mol. The van der Waals surface area contributed by atoms with Crippen molar-refractivity contribution in [3.8, 4) is 17.2 Å². The fourth-order valence-electron chi connectivity index (χ4n) is 3.37. The number of amides is 1. The number of hydrogen-bond acceptors (Lipinski definition) is 6. The van der Waals surface area contributed by atoms with Crippen LogP contribution in [-0.4, -0.2) is 46.1 Å². The summed E-state index contributed by atoms with van der Waals surface area (Å²) in [5, 5.41) is 4.04. The number of aromatic nitrogens is 3. The summed E-state index contributed by atoms with van der Waals surface area (Å²) in [6.07, 6.45) is 4.79. The normalized spacial score (nSPS) is 16.4. The molecule has 2 aromatic heterocycles. The van der Waals surface area contributed by atoms with Gasteiger partial charge in [0.15, 0.2) is 17.4 Å². The fourth-order valence-corrected chi connectivity index (χ4v) is 3.37. The molecule has 0 spiro atoms. The van der Waals surface area contributed by atoms with Gasteiger partial charge in [-0.3, -0.25) is 9.78 Å². The molecule has 7 nitrogen and oxygen atoms in total. The molecule has 1 amide bonds. The number of rotatable bonds is 5. The average Bonchev–Trinajstić information content (AvgIpc) is 3.38. The van der Waals surface area contributed by atoms with E-state index in [1.807, 2.05) is 0 Å². The van der Waals surface area contributed by atoms with E-state index in [4.69, 9.17) is 9.26 Å². The molecule has 1 unspecified atom stereocenters. The number of pyridine rings is 1. The number of carbonyl (C=O) groups is 1. The first-order chi connectivity index (χ1) is 13.6. The Hall–Kier alpha value is -3.29. The summed E-state index contributed by atoms with van der Waals surface area (Å²) in [4.78, 5) is 22.8. The van der Waals surface area contributed by atoms with Crippen LogP contribution in [0.15, 0.2) is 47.2 Å². The van der Waals surface area contributed by atoms with Gasteiger partial charge in [0.2, 0.25) is 0 Å². The Bertz CT molecular complexity index is 977. The van der Waals surface area contributed by atoms with Gasteiger partial charge in [0.25, 0.3) is 11.8 Å². The van der Waals surface area contributed by atoms with Crippen molar-refractivity contribution in [2.24, 2.45) is 5.92 Å². The van der Waals surface area contributed by atoms with Crippen molar-refractivity contribution in [1.29, 1.82) is 0 Å². The maximum Gasteiger partial charge on any atom is 0.258 e. The van der Waals surface area contributed by atoms with Gasteiger partial charge >= 0.3 is 0 Å². The van der Waals surface area contributed by atoms with Crippen LogP contribution in [0.4, 0.5) is 4.39 Å². The van der Waals surface area contributed by atoms with Crippen LogP contribution >= 0.6 is 0 Å². The molecule has 4 rings (SSSR count). The molecule has 1 saturated heterocycles. The molecule has 28 heavy (non-hydrogen) atoms. The van der Waals surface area contributed by atoms with Gasteiger partial charge in [0.1, 0.15) is 0 Å². The second-order valence-corrected chi connectivity index (χ2v) is 6.71. The molecule has 1 aliphatic rings. The second kappa shape index (κ2) is 7.75. The Morgan fingerprint density at radius 1 is 1.32 bits per heavy atom. The van der Waals surface area contributed by atoms with Crippen LogP contribution in [0.2, 0.25) is 0 Å². The minimum atomic E-state index is -0.542. The molecule has 144 valence electrons. The third-order valence-corrected chi connectivity index (χ3v) is 4.84. The van der Waals surface area contributed by atoms with E-state index in [2.05, 4.69) is 15.1 Å². The predicted octanol–water partition coefficient (Wildman–Crippen LogP) is 2.98. The number of ether oxygens (including phenoxy) is 1. The van der Waals surface area contributed by atoms with Gasteiger partial charge in [-0.05, 0) is 42.7 Å². The number of nitrogens with zero attached hydrogens (tertiary/aromatic N) is 4. The van der Waals surface area contributed by atoms with E-state index in [1.54, 1.807) is 35.5 Å². The van der Waals surface area contributed by atoms with E-state index in [1.165, 1.54) is 19.2 Å². The minimum Gasteiger partial charge on any atom is -0.494 e. The van der Waals surface area contributed by atoms with Gasteiger partial charge in [0, 0.05) is 43.0 Å². The Balaban J connectivity index is 1.38. The molecule has 1 atom stereocenters. The van der Waals surface area contributed by atoms with Crippen LogP contribution in [0, 0.1) is 11.7 Å². The largest absolute Gasteiger partial charge is 0.494 e. The lowest BCUT2D eigenvalue weighted by molar-refractivity contribution is 0.0786. The monoisotopic (exact) mass is 382 g/mol. The quantitative estimate of drug-likeness (QED) is 0.675. The van der Waals surface area contributed by atoms with Crippen LogP contribution in [0.5, 0.6) is 5.75 Å². The maximum atomic E-state index is 13.9. The minimum absolute atomic E-state index is 0.123. The van der Waals surface area contributed by atoms with E-state index < -0.39 is 5.82 Å². The molecule has 3 aromatic rings.